The number of benzene rings is 1. The maximum atomic E-state index is 13.0. The van der Waals surface area contributed by atoms with Gasteiger partial charge in [-0.15, -0.1) is 0 Å². The molecule has 0 saturated carbocycles. The topological polar surface area (TPSA) is 66.7 Å². The Bertz CT molecular complexity index is 703. The van der Waals surface area contributed by atoms with E-state index in [1.165, 1.54) is 11.0 Å². The molecule has 6 nitrogen and oxygen atoms in total. The highest BCUT2D eigenvalue weighted by atomic mass is 19.4. The first-order chi connectivity index (χ1) is 12.8. The van der Waals surface area contributed by atoms with E-state index < -0.39 is 17.0 Å². The molecular formula is C18H22F3N3O3. The normalized spacial score (nSPS) is 22.0. The van der Waals surface area contributed by atoms with Gasteiger partial charge in [0.25, 0.3) is 5.69 Å². The van der Waals surface area contributed by atoms with Gasteiger partial charge in [0.15, 0.2) is 0 Å². The van der Waals surface area contributed by atoms with E-state index in [0.717, 1.165) is 0 Å². The lowest BCUT2D eigenvalue weighted by Gasteiger charge is -2.38. The number of nitro groups is 1. The lowest BCUT2D eigenvalue weighted by molar-refractivity contribution is -0.384. The van der Waals surface area contributed by atoms with Gasteiger partial charge in [0.2, 0.25) is 5.91 Å². The van der Waals surface area contributed by atoms with Crippen LogP contribution in [0.4, 0.5) is 24.5 Å². The third-order valence-electron chi connectivity index (χ3n) is 5.46. The zero-order valence-electron chi connectivity index (χ0n) is 14.8. The van der Waals surface area contributed by atoms with Crippen molar-refractivity contribution in [2.75, 3.05) is 31.1 Å². The van der Waals surface area contributed by atoms with Gasteiger partial charge in [-0.1, -0.05) is 12.1 Å². The molecule has 2 saturated heterocycles. The predicted molar refractivity (Wildman–Crippen MR) is 93.4 cm³/mol. The molecule has 1 aromatic rings. The number of nitrogens with zero attached hydrogens (tertiary/aromatic N) is 3. The van der Waals surface area contributed by atoms with Crippen molar-refractivity contribution in [3.05, 3.63) is 34.4 Å². The Kier molecular flexibility index (Phi) is 5.57. The molecule has 2 fully saturated rings. The molecule has 0 spiro atoms. The molecule has 2 aliphatic rings. The van der Waals surface area contributed by atoms with Gasteiger partial charge in [-0.2, -0.15) is 13.2 Å². The van der Waals surface area contributed by atoms with Crippen molar-refractivity contribution in [1.82, 2.24) is 4.90 Å². The zero-order chi connectivity index (χ0) is 19.6. The average Bonchev–Trinajstić information content (AvgIpc) is 2.67. The standard InChI is InChI=1S/C18H22F3N3O3/c19-18(20,21)14-4-3-9-23(12-14)17(25)13-7-10-22(11-8-13)15-5-1-2-6-16(15)24(26)27/h1-2,5-6,13-14H,3-4,7-12H2/t14-/m0/s1. The van der Waals surface area contributed by atoms with Crippen molar-refractivity contribution in [1.29, 1.82) is 0 Å². The molecule has 0 bridgehead atoms. The minimum absolute atomic E-state index is 0.0197. The Balaban J connectivity index is 1.61. The van der Waals surface area contributed by atoms with E-state index in [9.17, 15) is 28.1 Å². The second-order valence-corrected chi connectivity index (χ2v) is 7.17. The molecule has 1 amide bonds. The molecule has 3 rings (SSSR count). The van der Waals surface area contributed by atoms with Crippen molar-refractivity contribution in [2.45, 2.75) is 31.9 Å². The number of alkyl halides is 3. The van der Waals surface area contributed by atoms with Crippen LogP contribution in [-0.4, -0.2) is 48.1 Å². The van der Waals surface area contributed by atoms with Crippen molar-refractivity contribution in [3.8, 4) is 0 Å². The molecule has 9 heteroatoms. The van der Waals surface area contributed by atoms with Crippen LogP contribution >= 0.6 is 0 Å². The number of carbonyl (C=O) groups excluding carboxylic acids is 1. The fourth-order valence-corrected chi connectivity index (χ4v) is 3.96. The quantitative estimate of drug-likeness (QED) is 0.589. The highest BCUT2D eigenvalue weighted by molar-refractivity contribution is 5.79. The van der Waals surface area contributed by atoms with Crippen LogP contribution in [0.5, 0.6) is 0 Å². The summed E-state index contributed by atoms with van der Waals surface area (Å²) in [5.41, 5.74) is 0.537. The van der Waals surface area contributed by atoms with Crippen molar-refractivity contribution >= 4 is 17.3 Å². The number of likely N-dealkylation sites (tertiary alicyclic amines) is 1. The third-order valence-corrected chi connectivity index (χ3v) is 5.46. The zero-order valence-corrected chi connectivity index (χ0v) is 14.8. The van der Waals surface area contributed by atoms with Gasteiger partial charge in [0.1, 0.15) is 5.69 Å². The summed E-state index contributed by atoms with van der Waals surface area (Å²) in [7, 11) is 0. The molecule has 27 heavy (non-hydrogen) atoms. The van der Waals surface area contributed by atoms with Gasteiger partial charge < -0.3 is 9.80 Å². The summed E-state index contributed by atoms with van der Waals surface area (Å²) in [5, 5.41) is 11.2. The van der Waals surface area contributed by atoms with E-state index in [4.69, 9.17) is 0 Å². The number of nitro benzene ring substituents is 1. The number of anilines is 1. The minimum Gasteiger partial charge on any atom is -0.366 e. The summed E-state index contributed by atoms with van der Waals surface area (Å²) in [6, 6.07) is 6.45. The maximum Gasteiger partial charge on any atom is 0.393 e. The Hall–Kier alpha value is -2.32. The SMILES string of the molecule is O=C(C1CCN(c2ccccc2[N+](=O)[O-])CC1)N1CCC[C@H](C(F)(F)F)C1. The van der Waals surface area contributed by atoms with E-state index in [1.807, 2.05) is 4.90 Å². The minimum atomic E-state index is -4.27. The molecule has 1 atom stereocenters. The van der Waals surface area contributed by atoms with Crippen LogP contribution in [0, 0.1) is 22.0 Å². The van der Waals surface area contributed by atoms with Crippen LogP contribution in [0.25, 0.3) is 0 Å². The lowest BCUT2D eigenvalue weighted by atomic mass is 9.91. The van der Waals surface area contributed by atoms with E-state index in [2.05, 4.69) is 0 Å². The van der Waals surface area contributed by atoms with Crippen LogP contribution in [-0.2, 0) is 4.79 Å². The Morgan fingerprint density at radius 2 is 1.78 bits per heavy atom. The summed E-state index contributed by atoms with van der Waals surface area (Å²) in [5.74, 6) is -1.98. The Morgan fingerprint density at radius 3 is 2.41 bits per heavy atom. The highest BCUT2D eigenvalue weighted by Crippen LogP contribution is 2.35. The summed E-state index contributed by atoms with van der Waals surface area (Å²) in [6.45, 7) is 1.05. The number of piperidine rings is 2. The second-order valence-electron chi connectivity index (χ2n) is 7.17. The summed E-state index contributed by atoms with van der Waals surface area (Å²) < 4.78 is 38.9. The molecular weight excluding hydrogens is 363 g/mol. The van der Waals surface area contributed by atoms with Crippen LogP contribution in [0.1, 0.15) is 25.7 Å². The molecule has 0 aliphatic carbocycles. The molecule has 0 N–H and O–H groups in total. The number of carbonyl (C=O) groups is 1. The largest absolute Gasteiger partial charge is 0.393 e. The molecule has 148 valence electrons. The van der Waals surface area contributed by atoms with E-state index in [-0.39, 0.29) is 30.5 Å². The molecule has 0 radical (unpaired) electrons. The Labute approximate surface area is 155 Å². The number of hydrogen-bond acceptors (Lipinski definition) is 4. The number of hydrogen-bond donors (Lipinski definition) is 0. The van der Waals surface area contributed by atoms with Crippen molar-refractivity contribution in [2.24, 2.45) is 11.8 Å². The van der Waals surface area contributed by atoms with Crippen LogP contribution in [0.15, 0.2) is 24.3 Å². The van der Waals surface area contributed by atoms with E-state index >= 15 is 0 Å². The first kappa shape index (κ1) is 19.4. The van der Waals surface area contributed by atoms with Crippen LogP contribution in [0.2, 0.25) is 0 Å². The first-order valence-corrected chi connectivity index (χ1v) is 9.11. The lowest BCUT2D eigenvalue weighted by Crippen LogP contribution is -2.48. The Morgan fingerprint density at radius 1 is 1.11 bits per heavy atom. The summed E-state index contributed by atoms with van der Waals surface area (Å²) in [6.07, 6.45) is -2.86. The number of para-hydroxylation sites is 2. The smallest absolute Gasteiger partial charge is 0.366 e. The number of rotatable bonds is 3. The molecule has 2 heterocycles. The van der Waals surface area contributed by atoms with Crippen LogP contribution < -0.4 is 4.90 Å². The van der Waals surface area contributed by atoms with Gasteiger partial charge >= 0.3 is 6.18 Å². The fraction of sp³-hybridized carbons (Fsp3) is 0.611. The van der Waals surface area contributed by atoms with Gasteiger partial charge in [-0.05, 0) is 31.7 Å². The van der Waals surface area contributed by atoms with Gasteiger partial charge in [-0.25, -0.2) is 0 Å². The molecule has 2 aliphatic heterocycles. The summed E-state index contributed by atoms with van der Waals surface area (Å²) >= 11 is 0. The van der Waals surface area contributed by atoms with Crippen molar-refractivity contribution < 1.29 is 22.9 Å². The van der Waals surface area contributed by atoms with Gasteiger partial charge in [-0.3, -0.25) is 14.9 Å². The molecule has 1 aromatic carbocycles. The first-order valence-electron chi connectivity index (χ1n) is 9.11. The highest BCUT2D eigenvalue weighted by Gasteiger charge is 2.43. The second kappa shape index (κ2) is 7.74. The molecule has 0 unspecified atom stereocenters. The van der Waals surface area contributed by atoms with Gasteiger partial charge in [0, 0.05) is 38.2 Å². The average molecular weight is 385 g/mol. The fourth-order valence-electron chi connectivity index (χ4n) is 3.96. The van der Waals surface area contributed by atoms with Gasteiger partial charge in [0.05, 0.1) is 10.8 Å². The summed E-state index contributed by atoms with van der Waals surface area (Å²) in [4.78, 5) is 26.7. The predicted octanol–water partition coefficient (Wildman–Crippen LogP) is 3.61. The van der Waals surface area contributed by atoms with Crippen molar-refractivity contribution in [3.63, 3.8) is 0 Å². The maximum absolute atomic E-state index is 13.0. The third kappa shape index (κ3) is 4.33. The van der Waals surface area contributed by atoms with E-state index in [0.29, 0.717) is 44.6 Å². The van der Waals surface area contributed by atoms with Crippen LogP contribution in [0.3, 0.4) is 0 Å². The number of amides is 1. The van der Waals surface area contributed by atoms with E-state index in [1.54, 1.807) is 18.2 Å². The monoisotopic (exact) mass is 385 g/mol. The number of halogens is 3. The molecule has 0 aromatic heterocycles.